The third kappa shape index (κ3) is 6.54. The summed E-state index contributed by atoms with van der Waals surface area (Å²) in [6.45, 7) is 7.93. The molecule has 3 aliphatic rings. The topological polar surface area (TPSA) is 55.7 Å². The summed E-state index contributed by atoms with van der Waals surface area (Å²) in [6, 6.07) is 8.32. The number of likely N-dealkylation sites (tertiary alicyclic amines) is 1. The molecule has 1 saturated heterocycles. The highest BCUT2D eigenvalue weighted by Crippen LogP contribution is 2.47. The van der Waals surface area contributed by atoms with Gasteiger partial charge in [-0.1, -0.05) is 60.1 Å². The molecule has 1 aliphatic heterocycles. The van der Waals surface area contributed by atoms with E-state index in [1.165, 1.54) is 56.5 Å². The lowest BCUT2D eigenvalue weighted by molar-refractivity contribution is 0.140. The molecule has 4 nitrogen and oxygen atoms in total. The summed E-state index contributed by atoms with van der Waals surface area (Å²) in [6.07, 6.45) is 13.6. The number of fused-ring (bicyclic) bond motifs is 1. The summed E-state index contributed by atoms with van der Waals surface area (Å²) in [4.78, 5) is 2.61. The number of nitrogens with zero attached hydrogens (tertiary/aromatic N) is 1. The predicted octanol–water partition coefficient (Wildman–Crippen LogP) is 3.86. The first-order valence-electron chi connectivity index (χ1n) is 12.8. The van der Waals surface area contributed by atoms with E-state index in [2.05, 4.69) is 47.5 Å². The minimum atomic E-state index is -0.501. The molecule has 0 radical (unpaired) electrons. The van der Waals surface area contributed by atoms with E-state index in [0.29, 0.717) is 18.3 Å². The Morgan fingerprint density at radius 2 is 2.06 bits per heavy atom. The number of aliphatic hydroxyl groups is 2. The SMILES string of the molecule is Cc1cccc(C[C@H](O)/C=C/[C@@H]2[C@H]3CC(CNCCCN4CCCCC4)=C[C@H]3C[C@H]2O)c1. The maximum absolute atomic E-state index is 10.6. The average molecular weight is 439 g/mol. The molecule has 1 saturated carbocycles. The zero-order valence-corrected chi connectivity index (χ0v) is 19.8. The maximum Gasteiger partial charge on any atom is 0.0761 e. The highest BCUT2D eigenvalue weighted by Gasteiger charge is 2.43. The monoisotopic (exact) mass is 438 g/mol. The van der Waals surface area contributed by atoms with E-state index in [-0.39, 0.29) is 12.0 Å². The summed E-state index contributed by atoms with van der Waals surface area (Å²) in [5.41, 5.74) is 3.88. The molecule has 176 valence electrons. The van der Waals surface area contributed by atoms with Gasteiger partial charge in [-0.2, -0.15) is 0 Å². The van der Waals surface area contributed by atoms with Crippen LogP contribution in [0, 0.1) is 24.7 Å². The second-order valence-corrected chi connectivity index (χ2v) is 10.3. The fourth-order valence-corrected chi connectivity index (χ4v) is 6.00. The van der Waals surface area contributed by atoms with Crippen LogP contribution in [0.3, 0.4) is 0 Å². The van der Waals surface area contributed by atoms with E-state index < -0.39 is 6.10 Å². The van der Waals surface area contributed by atoms with Crippen LogP contribution in [-0.4, -0.2) is 60.0 Å². The van der Waals surface area contributed by atoms with Gasteiger partial charge in [0, 0.05) is 18.9 Å². The van der Waals surface area contributed by atoms with Crippen molar-refractivity contribution in [1.82, 2.24) is 10.2 Å². The van der Waals surface area contributed by atoms with Gasteiger partial charge in [0.05, 0.1) is 12.2 Å². The summed E-state index contributed by atoms with van der Waals surface area (Å²) in [5, 5.41) is 24.8. The Kier molecular flexibility index (Phi) is 8.59. The Morgan fingerprint density at radius 3 is 2.88 bits per heavy atom. The lowest BCUT2D eigenvalue weighted by Crippen LogP contribution is -2.32. The van der Waals surface area contributed by atoms with Crippen molar-refractivity contribution in [3.63, 3.8) is 0 Å². The van der Waals surface area contributed by atoms with E-state index in [4.69, 9.17) is 0 Å². The molecule has 1 aromatic rings. The second-order valence-electron chi connectivity index (χ2n) is 10.3. The minimum Gasteiger partial charge on any atom is -0.392 e. The quantitative estimate of drug-likeness (QED) is 0.384. The number of nitrogens with one attached hydrogen (secondary N) is 1. The summed E-state index contributed by atoms with van der Waals surface area (Å²) in [5.74, 6) is 1.12. The van der Waals surface area contributed by atoms with Gasteiger partial charge in [0.25, 0.3) is 0 Å². The van der Waals surface area contributed by atoms with Crippen molar-refractivity contribution in [3.8, 4) is 0 Å². The fourth-order valence-electron chi connectivity index (χ4n) is 6.00. The van der Waals surface area contributed by atoms with Gasteiger partial charge in [-0.15, -0.1) is 0 Å². The Bertz CT molecular complexity index is 783. The van der Waals surface area contributed by atoms with Crippen LogP contribution in [-0.2, 0) is 6.42 Å². The molecule has 4 heteroatoms. The van der Waals surface area contributed by atoms with Crippen molar-refractivity contribution in [3.05, 3.63) is 59.2 Å². The number of allylic oxidation sites excluding steroid dienone is 1. The first-order chi connectivity index (χ1) is 15.6. The van der Waals surface area contributed by atoms with Crippen LogP contribution in [0.25, 0.3) is 0 Å². The van der Waals surface area contributed by atoms with Crippen LogP contribution in [0.4, 0.5) is 0 Å². The van der Waals surface area contributed by atoms with Gasteiger partial charge in [-0.05, 0) is 82.6 Å². The number of aryl methyl sites for hydroxylation is 1. The van der Waals surface area contributed by atoms with Gasteiger partial charge in [0.2, 0.25) is 0 Å². The van der Waals surface area contributed by atoms with Crippen molar-refractivity contribution in [2.45, 2.75) is 64.1 Å². The second kappa shape index (κ2) is 11.6. The fraction of sp³-hybridized carbons (Fsp3) is 0.643. The third-order valence-corrected chi connectivity index (χ3v) is 7.66. The average Bonchev–Trinajstić information content (AvgIpc) is 3.29. The standard InChI is InChI=1S/C28H42N2O2/c1-21-7-5-8-22(15-21)17-25(31)9-10-26-27-18-23(16-24(27)19-28(26)32)20-29-11-6-14-30-12-3-2-4-13-30/h5,7-10,15-16,24-29,31-32H,2-4,6,11-14,17-20H2,1H3/b10-9+/t24-,25+,26+,27-,28+/m0/s1. The maximum atomic E-state index is 10.6. The third-order valence-electron chi connectivity index (χ3n) is 7.66. The predicted molar refractivity (Wildman–Crippen MR) is 132 cm³/mol. The van der Waals surface area contributed by atoms with Crippen molar-refractivity contribution in [2.75, 3.05) is 32.7 Å². The summed E-state index contributed by atoms with van der Waals surface area (Å²) in [7, 11) is 0. The highest BCUT2D eigenvalue weighted by molar-refractivity contribution is 5.24. The van der Waals surface area contributed by atoms with Crippen LogP contribution in [0.1, 0.15) is 49.7 Å². The molecular formula is C28H42N2O2. The number of rotatable bonds is 10. The number of benzene rings is 1. The summed E-state index contributed by atoms with van der Waals surface area (Å²) < 4.78 is 0. The van der Waals surface area contributed by atoms with Crippen LogP contribution < -0.4 is 5.32 Å². The largest absolute Gasteiger partial charge is 0.392 e. The van der Waals surface area contributed by atoms with Crippen molar-refractivity contribution in [1.29, 1.82) is 0 Å². The van der Waals surface area contributed by atoms with Gasteiger partial charge >= 0.3 is 0 Å². The number of hydrogen-bond acceptors (Lipinski definition) is 4. The van der Waals surface area contributed by atoms with Gasteiger partial charge in [-0.3, -0.25) is 0 Å². The van der Waals surface area contributed by atoms with Crippen LogP contribution in [0.15, 0.2) is 48.1 Å². The Labute approximate surface area is 194 Å². The molecule has 1 heterocycles. The number of aliphatic hydroxyl groups excluding tert-OH is 2. The first-order valence-corrected chi connectivity index (χ1v) is 12.8. The molecule has 5 atom stereocenters. The summed E-state index contributed by atoms with van der Waals surface area (Å²) >= 11 is 0. The highest BCUT2D eigenvalue weighted by atomic mass is 16.3. The van der Waals surface area contributed by atoms with Crippen LogP contribution in [0.2, 0.25) is 0 Å². The van der Waals surface area contributed by atoms with Gasteiger partial charge in [0.15, 0.2) is 0 Å². The van der Waals surface area contributed by atoms with Crippen molar-refractivity contribution >= 4 is 0 Å². The normalized spacial score (nSPS) is 29.4. The minimum absolute atomic E-state index is 0.153. The van der Waals surface area contributed by atoms with E-state index in [0.717, 1.165) is 31.5 Å². The molecule has 2 aliphatic carbocycles. The Hall–Kier alpha value is -1.46. The molecular weight excluding hydrogens is 396 g/mol. The van der Waals surface area contributed by atoms with Crippen LogP contribution >= 0.6 is 0 Å². The molecule has 0 unspecified atom stereocenters. The van der Waals surface area contributed by atoms with Crippen molar-refractivity contribution in [2.24, 2.45) is 17.8 Å². The van der Waals surface area contributed by atoms with Crippen LogP contribution in [0.5, 0.6) is 0 Å². The van der Waals surface area contributed by atoms with Gasteiger partial charge in [0.1, 0.15) is 0 Å². The Morgan fingerprint density at radius 1 is 1.22 bits per heavy atom. The molecule has 0 amide bonds. The van der Waals surface area contributed by atoms with E-state index in [1.807, 2.05) is 12.1 Å². The molecule has 1 aromatic carbocycles. The lowest BCUT2D eigenvalue weighted by Gasteiger charge is -2.26. The number of piperidine rings is 1. The van der Waals surface area contributed by atoms with E-state index >= 15 is 0 Å². The molecule has 32 heavy (non-hydrogen) atoms. The zero-order valence-electron chi connectivity index (χ0n) is 19.8. The van der Waals surface area contributed by atoms with Crippen molar-refractivity contribution < 1.29 is 10.2 Å². The smallest absolute Gasteiger partial charge is 0.0761 e. The van der Waals surface area contributed by atoms with Gasteiger partial charge < -0.3 is 20.4 Å². The molecule has 0 aromatic heterocycles. The molecule has 0 spiro atoms. The molecule has 0 bridgehead atoms. The Balaban J connectivity index is 1.19. The molecule has 3 N–H and O–H groups in total. The molecule has 2 fully saturated rings. The molecule has 4 rings (SSSR count). The zero-order chi connectivity index (χ0) is 22.3. The van der Waals surface area contributed by atoms with Gasteiger partial charge in [-0.25, -0.2) is 0 Å². The first kappa shape index (κ1) is 23.7. The van der Waals surface area contributed by atoms with E-state index in [9.17, 15) is 10.2 Å². The lowest BCUT2D eigenvalue weighted by atomic mass is 9.89. The number of hydrogen-bond donors (Lipinski definition) is 3. The van der Waals surface area contributed by atoms with E-state index in [1.54, 1.807) is 0 Å².